The highest BCUT2D eigenvalue weighted by Gasteiger charge is 2.34. The van der Waals surface area contributed by atoms with Crippen LogP contribution in [-0.2, 0) is 32.6 Å². The van der Waals surface area contributed by atoms with Gasteiger partial charge in [0.25, 0.3) is 0 Å². The molecule has 1 aliphatic carbocycles. The summed E-state index contributed by atoms with van der Waals surface area (Å²) in [5.41, 5.74) is 3.10. The molecule has 47 heavy (non-hydrogen) atoms. The maximum absolute atomic E-state index is 14.4. The van der Waals surface area contributed by atoms with Gasteiger partial charge in [-0.15, -0.1) is 0 Å². The van der Waals surface area contributed by atoms with E-state index in [9.17, 15) is 18.0 Å². The van der Waals surface area contributed by atoms with Crippen LogP contribution in [0.3, 0.4) is 0 Å². The summed E-state index contributed by atoms with van der Waals surface area (Å²) in [5, 5.41) is 3.24. The third-order valence-electron chi connectivity index (χ3n) is 8.61. The van der Waals surface area contributed by atoms with Crippen LogP contribution in [0.1, 0.15) is 48.8 Å². The van der Waals surface area contributed by atoms with Gasteiger partial charge in [0.1, 0.15) is 24.1 Å². The Morgan fingerprint density at radius 2 is 1.40 bits per heavy atom. The van der Waals surface area contributed by atoms with E-state index >= 15 is 0 Å². The number of nitrogens with one attached hydrogen (secondary N) is 1. The molecule has 1 fully saturated rings. The number of aryl methyl sites for hydroxylation is 1. The summed E-state index contributed by atoms with van der Waals surface area (Å²) < 4.78 is 33.3. The fraction of sp³-hybridized carbons (Fsp3) is 0.316. The fourth-order valence-electron chi connectivity index (χ4n) is 5.99. The number of nitrogens with zero attached hydrogens (tertiary/aromatic N) is 2. The number of hydrogen-bond donors (Lipinski definition) is 1. The Bertz CT molecular complexity index is 1720. The van der Waals surface area contributed by atoms with Gasteiger partial charge in [-0.2, -0.15) is 0 Å². The van der Waals surface area contributed by atoms with E-state index < -0.39 is 28.5 Å². The molecule has 0 bridgehead atoms. The van der Waals surface area contributed by atoms with Gasteiger partial charge in [0.05, 0.1) is 11.9 Å². The average molecular weight is 654 g/mol. The van der Waals surface area contributed by atoms with Gasteiger partial charge in [0.15, 0.2) is 0 Å². The summed E-state index contributed by atoms with van der Waals surface area (Å²) in [4.78, 5) is 30.1. The molecule has 5 rings (SSSR count). The van der Waals surface area contributed by atoms with E-state index in [1.54, 1.807) is 29.2 Å². The Kier molecular flexibility index (Phi) is 11.3. The van der Waals surface area contributed by atoms with Gasteiger partial charge in [-0.05, 0) is 72.9 Å². The van der Waals surface area contributed by atoms with Crippen LogP contribution in [0.2, 0.25) is 0 Å². The van der Waals surface area contributed by atoms with Gasteiger partial charge in [-0.25, -0.2) is 8.42 Å². The second-order valence-corrected chi connectivity index (χ2v) is 14.1. The molecule has 1 N–H and O–H groups in total. The molecule has 0 radical (unpaired) electrons. The fourth-order valence-corrected chi connectivity index (χ4v) is 6.84. The maximum Gasteiger partial charge on any atom is 0.244 e. The topological polar surface area (TPSA) is 96.0 Å². The molecule has 4 aromatic carbocycles. The van der Waals surface area contributed by atoms with E-state index in [0.717, 1.165) is 59.4 Å². The van der Waals surface area contributed by atoms with Crippen LogP contribution >= 0.6 is 0 Å². The summed E-state index contributed by atoms with van der Waals surface area (Å²) in [7, 11) is -3.88. The Morgan fingerprint density at radius 3 is 2.04 bits per heavy atom. The molecule has 0 aromatic heterocycles. The number of amides is 2. The smallest absolute Gasteiger partial charge is 0.244 e. The van der Waals surface area contributed by atoms with Crippen molar-refractivity contribution in [3.63, 3.8) is 0 Å². The van der Waals surface area contributed by atoms with E-state index in [1.165, 1.54) is 0 Å². The van der Waals surface area contributed by atoms with Crippen molar-refractivity contribution in [2.24, 2.45) is 0 Å². The number of para-hydroxylation sites is 1. The molecule has 4 aromatic rings. The number of ether oxygens (including phenoxy) is 1. The molecular formula is C38H43N3O5S. The molecule has 9 heteroatoms. The van der Waals surface area contributed by atoms with E-state index in [2.05, 4.69) is 5.32 Å². The van der Waals surface area contributed by atoms with E-state index in [1.807, 2.05) is 91.9 Å². The van der Waals surface area contributed by atoms with Gasteiger partial charge >= 0.3 is 0 Å². The molecule has 1 atom stereocenters. The standard InChI is InChI=1S/C38H43N3O5S/c1-29-14-12-13-17-31(29)27-40(36(26-30-15-6-3-7-16-30)38(43)39-32-18-8-4-9-19-32)37(42)28-41(47(2,44)45)33-22-24-35(25-23-33)46-34-20-10-5-11-21-34/h3,5-7,10-17,20-25,32,36H,4,8-9,18-19,26-28H2,1-2H3,(H,39,43)/t36-/m1/s1. The highest BCUT2D eigenvalue weighted by molar-refractivity contribution is 7.92. The number of benzene rings is 4. The molecule has 0 aliphatic heterocycles. The van der Waals surface area contributed by atoms with E-state index in [0.29, 0.717) is 23.6 Å². The summed E-state index contributed by atoms with van der Waals surface area (Å²) in [5.74, 6) is 0.487. The van der Waals surface area contributed by atoms with Crippen molar-refractivity contribution in [2.75, 3.05) is 17.1 Å². The molecule has 0 spiro atoms. The van der Waals surface area contributed by atoms with Crippen molar-refractivity contribution in [1.29, 1.82) is 0 Å². The summed E-state index contributed by atoms with van der Waals surface area (Å²) in [6.45, 7) is 1.66. The van der Waals surface area contributed by atoms with Crippen molar-refractivity contribution >= 4 is 27.5 Å². The van der Waals surface area contributed by atoms with Crippen molar-refractivity contribution in [2.45, 2.75) is 64.1 Å². The van der Waals surface area contributed by atoms with Crippen molar-refractivity contribution in [3.8, 4) is 11.5 Å². The number of carbonyl (C=O) groups is 2. The lowest BCUT2D eigenvalue weighted by atomic mass is 9.94. The van der Waals surface area contributed by atoms with Gasteiger partial charge in [-0.1, -0.05) is 92.1 Å². The molecular weight excluding hydrogens is 611 g/mol. The first-order valence-corrected chi connectivity index (χ1v) is 18.0. The van der Waals surface area contributed by atoms with Crippen LogP contribution in [0.5, 0.6) is 11.5 Å². The molecule has 2 amide bonds. The van der Waals surface area contributed by atoms with Gasteiger partial charge in [0, 0.05) is 19.0 Å². The maximum atomic E-state index is 14.4. The number of hydrogen-bond acceptors (Lipinski definition) is 5. The van der Waals surface area contributed by atoms with Crippen LogP contribution in [0.15, 0.2) is 109 Å². The molecule has 246 valence electrons. The second-order valence-electron chi connectivity index (χ2n) is 12.2. The molecule has 0 unspecified atom stereocenters. The zero-order valence-electron chi connectivity index (χ0n) is 27.0. The summed E-state index contributed by atoms with van der Waals surface area (Å²) in [6.07, 6.45) is 6.44. The predicted molar refractivity (Wildman–Crippen MR) is 186 cm³/mol. The summed E-state index contributed by atoms with van der Waals surface area (Å²) >= 11 is 0. The van der Waals surface area contributed by atoms with Gasteiger partial charge < -0.3 is 15.0 Å². The zero-order chi connectivity index (χ0) is 33.2. The monoisotopic (exact) mass is 653 g/mol. The number of anilines is 1. The van der Waals surface area contributed by atoms with E-state index in [4.69, 9.17) is 4.74 Å². The van der Waals surface area contributed by atoms with Crippen molar-refractivity contribution < 1.29 is 22.7 Å². The highest BCUT2D eigenvalue weighted by atomic mass is 32.2. The van der Waals surface area contributed by atoms with Crippen molar-refractivity contribution in [3.05, 3.63) is 126 Å². The first-order chi connectivity index (χ1) is 22.7. The number of carbonyl (C=O) groups excluding carboxylic acids is 2. The summed E-state index contributed by atoms with van der Waals surface area (Å²) in [6, 6.07) is 32.4. The Labute approximate surface area is 278 Å². The lowest BCUT2D eigenvalue weighted by molar-refractivity contribution is -0.140. The Balaban J connectivity index is 1.46. The highest BCUT2D eigenvalue weighted by Crippen LogP contribution is 2.27. The third-order valence-corrected chi connectivity index (χ3v) is 9.75. The minimum absolute atomic E-state index is 0.0501. The Morgan fingerprint density at radius 1 is 0.809 bits per heavy atom. The van der Waals surface area contributed by atoms with Gasteiger partial charge in [0.2, 0.25) is 21.8 Å². The third kappa shape index (κ3) is 9.45. The normalized spacial score (nSPS) is 14.2. The molecule has 0 heterocycles. The molecule has 8 nitrogen and oxygen atoms in total. The molecule has 1 aliphatic rings. The van der Waals surface area contributed by atoms with Gasteiger partial charge in [-0.3, -0.25) is 13.9 Å². The minimum atomic E-state index is -3.88. The Hall–Kier alpha value is -4.63. The first-order valence-electron chi connectivity index (χ1n) is 16.2. The van der Waals surface area contributed by atoms with E-state index in [-0.39, 0.29) is 18.5 Å². The lowest BCUT2D eigenvalue weighted by Gasteiger charge is -2.35. The minimum Gasteiger partial charge on any atom is -0.457 e. The van der Waals surface area contributed by atoms with Crippen LogP contribution in [0, 0.1) is 6.92 Å². The predicted octanol–water partition coefficient (Wildman–Crippen LogP) is 6.64. The average Bonchev–Trinajstić information content (AvgIpc) is 3.07. The number of sulfonamides is 1. The van der Waals surface area contributed by atoms with Crippen molar-refractivity contribution in [1.82, 2.24) is 10.2 Å². The zero-order valence-corrected chi connectivity index (χ0v) is 27.9. The first kappa shape index (κ1) is 33.7. The number of rotatable bonds is 13. The van der Waals surface area contributed by atoms with Crippen LogP contribution in [-0.4, -0.2) is 50.0 Å². The second kappa shape index (κ2) is 15.8. The SMILES string of the molecule is Cc1ccccc1CN(C(=O)CN(c1ccc(Oc2ccccc2)cc1)S(C)(=O)=O)[C@H](Cc1ccccc1)C(=O)NC1CCCCC1. The van der Waals surface area contributed by atoms with Crippen LogP contribution in [0.25, 0.3) is 0 Å². The van der Waals surface area contributed by atoms with Crippen LogP contribution in [0.4, 0.5) is 5.69 Å². The molecule has 0 saturated heterocycles. The quantitative estimate of drug-likeness (QED) is 0.175. The molecule has 1 saturated carbocycles. The van der Waals surface area contributed by atoms with Crippen LogP contribution < -0.4 is 14.4 Å². The largest absolute Gasteiger partial charge is 0.457 e. The lowest BCUT2D eigenvalue weighted by Crippen LogP contribution is -2.55.